The summed E-state index contributed by atoms with van der Waals surface area (Å²) in [4.78, 5) is 30.4. The molecule has 2 heterocycles. The van der Waals surface area contributed by atoms with Gasteiger partial charge in [-0.3, -0.25) is 14.5 Å². The minimum atomic E-state index is -0.0381. The highest BCUT2D eigenvalue weighted by Crippen LogP contribution is 2.14. The van der Waals surface area contributed by atoms with E-state index in [4.69, 9.17) is 9.47 Å². The lowest BCUT2D eigenvalue weighted by atomic mass is 10.3. The van der Waals surface area contributed by atoms with E-state index < -0.39 is 0 Å². The number of carbonyl (C=O) groups excluding carboxylic acids is 2. The van der Waals surface area contributed by atoms with E-state index in [0.717, 1.165) is 16.7 Å². The normalized spacial score (nSPS) is 18.7. The summed E-state index contributed by atoms with van der Waals surface area (Å²) >= 11 is 2.23. The molecule has 3 rings (SSSR count). The van der Waals surface area contributed by atoms with E-state index in [1.165, 1.54) is 0 Å². The van der Waals surface area contributed by atoms with Gasteiger partial charge in [0.05, 0.1) is 19.8 Å². The summed E-state index contributed by atoms with van der Waals surface area (Å²) in [6, 6.07) is 7.60. The molecule has 0 bridgehead atoms. The van der Waals surface area contributed by atoms with E-state index in [-0.39, 0.29) is 18.4 Å². The molecular weight excluding hydrogens is 449 g/mol. The Labute approximate surface area is 167 Å². The minimum absolute atomic E-state index is 0.0301. The van der Waals surface area contributed by atoms with E-state index >= 15 is 0 Å². The zero-order chi connectivity index (χ0) is 18.4. The lowest BCUT2D eigenvalue weighted by Gasteiger charge is -2.36. The first kappa shape index (κ1) is 19.4. The fraction of sp³-hybridized carbons (Fsp3) is 0.556. The zero-order valence-corrected chi connectivity index (χ0v) is 16.9. The van der Waals surface area contributed by atoms with Crippen molar-refractivity contribution >= 4 is 34.4 Å². The van der Waals surface area contributed by atoms with Crippen LogP contribution in [0.25, 0.3) is 0 Å². The smallest absolute Gasteiger partial charge is 0.260 e. The number of hydrogen-bond donors (Lipinski definition) is 0. The van der Waals surface area contributed by atoms with Crippen LogP contribution in [-0.4, -0.2) is 92.1 Å². The van der Waals surface area contributed by atoms with Crippen LogP contribution >= 0.6 is 22.6 Å². The average Bonchev–Trinajstić information content (AvgIpc) is 2.68. The van der Waals surface area contributed by atoms with E-state index in [0.29, 0.717) is 51.7 Å². The number of benzene rings is 1. The van der Waals surface area contributed by atoms with Crippen molar-refractivity contribution in [3.63, 3.8) is 0 Å². The second-order valence-electron chi connectivity index (χ2n) is 6.39. The van der Waals surface area contributed by atoms with Crippen LogP contribution < -0.4 is 4.74 Å². The molecule has 1 aromatic rings. The first-order valence-electron chi connectivity index (χ1n) is 8.86. The molecule has 26 heavy (non-hydrogen) atoms. The van der Waals surface area contributed by atoms with Crippen LogP contribution in [0.5, 0.6) is 5.75 Å². The van der Waals surface area contributed by atoms with Crippen molar-refractivity contribution in [2.75, 3.05) is 65.6 Å². The maximum Gasteiger partial charge on any atom is 0.260 e. The Balaban J connectivity index is 1.39. The van der Waals surface area contributed by atoms with Gasteiger partial charge in [-0.1, -0.05) is 0 Å². The lowest BCUT2D eigenvalue weighted by Crippen LogP contribution is -2.54. The molecule has 2 aliphatic rings. The van der Waals surface area contributed by atoms with Gasteiger partial charge >= 0.3 is 0 Å². The van der Waals surface area contributed by atoms with Gasteiger partial charge in [0.1, 0.15) is 5.75 Å². The van der Waals surface area contributed by atoms with Crippen LogP contribution in [0, 0.1) is 3.57 Å². The molecule has 0 saturated carbocycles. The number of halogens is 1. The molecule has 0 radical (unpaired) electrons. The molecule has 2 amide bonds. The number of nitrogens with zero attached hydrogens (tertiary/aromatic N) is 3. The number of ether oxygens (including phenoxy) is 2. The molecule has 8 heteroatoms. The molecule has 0 atom stereocenters. The van der Waals surface area contributed by atoms with Crippen LogP contribution in [0.15, 0.2) is 24.3 Å². The van der Waals surface area contributed by atoms with Crippen LogP contribution in [-0.2, 0) is 14.3 Å². The number of carbonyl (C=O) groups is 2. The van der Waals surface area contributed by atoms with Crippen molar-refractivity contribution in [3.05, 3.63) is 27.8 Å². The number of piperazine rings is 1. The Morgan fingerprint density at radius 1 is 0.923 bits per heavy atom. The molecule has 0 unspecified atom stereocenters. The van der Waals surface area contributed by atoms with Crippen molar-refractivity contribution in [3.8, 4) is 5.75 Å². The summed E-state index contributed by atoms with van der Waals surface area (Å²) in [5, 5.41) is 0. The summed E-state index contributed by atoms with van der Waals surface area (Å²) in [6.45, 7) is 5.74. The van der Waals surface area contributed by atoms with E-state index in [1.54, 1.807) is 4.90 Å². The van der Waals surface area contributed by atoms with Crippen molar-refractivity contribution in [2.24, 2.45) is 0 Å². The van der Waals surface area contributed by atoms with E-state index in [1.807, 2.05) is 29.2 Å². The number of hydrogen-bond acceptors (Lipinski definition) is 5. The zero-order valence-electron chi connectivity index (χ0n) is 14.7. The van der Waals surface area contributed by atoms with Gasteiger partial charge in [0.25, 0.3) is 5.91 Å². The highest BCUT2D eigenvalue weighted by Gasteiger charge is 2.25. The van der Waals surface area contributed by atoms with Gasteiger partial charge in [-0.05, 0) is 46.9 Å². The highest BCUT2D eigenvalue weighted by atomic mass is 127. The average molecular weight is 473 g/mol. The fourth-order valence-electron chi connectivity index (χ4n) is 3.02. The molecule has 2 saturated heterocycles. The van der Waals surface area contributed by atoms with Gasteiger partial charge in [-0.25, -0.2) is 0 Å². The lowest BCUT2D eigenvalue weighted by molar-refractivity contribution is -0.141. The Morgan fingerprint density at radius 2 is 1.50 bits per heavy atom. The van der Waals surface area contributed by atoms with Gasteiger partial charge in [0.2, 0.25) is 5.91 Å². The molecule has 0 spiro atoms. The largest absolute Gasteiger partial charge is 0.484 e. The highest BCUT2D eigenvalue weighted by molar-refractivity contribution is 14.1. The summed E-state index contributed by atoms with van der Waals surface area (Å²) in [5.74, 6) is 0.788. The molecule has 2 aliphatic heterocycles. The summed E-state index contributed by atoms with van der Waals surface area (Å²) in [6.07, 6.45) is 0. The van der Waals surface area contributed by atoms with Crippen molar-refractivity contribution < 1.29 is 19.1 Å². The van der Waals surface area contributed by atoms with Gasteiger partial charge < -0.3 is 19.3 Å². The first-order chi connectivity index (χ1) is 12.6. The molecular formula is C18H24IN3O4. The monoisotopic (exact) mass is 473 g/mol. The van der Waals surface area contributed by atoms with E-state index in [9.17, 15) is 9.59 Å². The van der Waals surface area contributed by atoms with Gasteiger partial charge in [0, 0.05) is 42.8 Å². The second kappa shape index (κ2) is 9.52. The molecule has 1 aromatic carbocycles. The number of rotatable bonds is 5. The van der Waals surface area contributed by atoms with Gasteiger partial charge in [-0.15, -0.1) is 0 Å². The maximum absolute atomic E-state index is 12.4. The predicted octanol–water partition coefficient (Wildman–Crippen LogP) is 0.673. The van der Waals surface area contributed by atoms with Crippen LogP contribution in [0.2, 0.25) is 0 Å². The number of morpholine rings is 1. The van der Waals surface area contributed by atoms with Crippen LogP contribution in [0.1, 0.15) is 0 Å². The fourth-order valence-corrected chi connectivity index (χ4v) is 3.38. The van der Waals surface area contributed by atoms with Crippen LogP contribution in [0.4, 0.5) is 0 Å². The molecule has 142 valence electrons. The molecule has 0 aromatic heterocycles. The van der Waals surface area contributed by atoms with Gasteiger partial charge in [-0.2, -0.15) is 0 Å². The topological polar surface area (TPSA) is 62.3 Å². The van der Waals surface area contributed by atoms with Crippen molar-refractivity contribution in [2.45, 2.75) is 0 Å². The third-order valence-electron chi connectivity index (χ3n) is 4.62. The van der Waals surface area contributed by atoms with Crippen molar-refractivity contribution in [1.29, 1.82) is 0 Å². The Kier molecular flexibility index (Phi) is 7.09. The summed E-state index contributed by atoms with van der Waals surface area (Å²) < 4.78 is 12.0. The molecule has 0 aliphatic carbocycles. The molecule has 0 N–H and O–H groups in total. The second-order valence-corrected chi connectivity index (χ2v) is 7.64. The quantitative estimate of drug-likeness (QED) is 0.589. The van der Waals surface area contributed by atoms with Crippen LogP contribution in [0.3, 0.4) is 0 Å². The predicted molar refractivity (Wildman–Crippen MR) is 105 cm³/mol. The molecule has 7 nitrogen and oxygen atoms in total. The minimum Gasteiger partial charge on any atom is -0.484 e. The Bertz CT molecular complexity index is 611. The standard InChI is InChI=1S/C18H24IN3O4/c19-15-1-3-16(4-2-15)26-14-18(24)22-7-5-21(6-8-22)17(23)13-20-9-11-25-12-10-20/h1-4H,5-14H2. The third kappa shape index (κ3) is 5.55. The molecule has 2 fully saturated rings. The van der Waals surface area contributed by atoms with Gasteiger partial charge in [0.15, 0.2) is 6.61 Å². The SMILES string of the molecule is O=C(COc1ccc(I)cc1)N1CCN(C(=O)CN2CCOCC2)CC1. The first-order valence-corrected chi connectivity index (χ1v) is 9.94. The maximum atomic E-state index is 12.4. The van der Waals surface area contributed by atoms with E-state index in [2.05, 4.69) is 27.5 Å². The number of amides is 2. The van der Waals surface area contributed by atoms with Crippen molar-refractivity contribution in [1.82, 2.24) is 14.7 Å². The summed E-state index contributed by atoms with van der Waals surface area (Å²) in [7, 11) is 0. The third-order valence-corrected chi connectivity index (χ3v) is 5.34. The Morgan fingerprint density at radius 3 is 2.12 bits per heavy atom. The summed E-state index contributed by atoms with van der Waals surface area (Å²) in [5.41, 5.74) is 0. The Hall–Kier alpha value is -1.39.